The van der Waals surface area contributed by atoms with Gasteiger partial charge in [0.1, 0.15) is 5.76 Å². The molecule has 5 nitrogen and oxygen atoms in total. The zero-order chi connectivity index (χ0) is 12.5. The molecule has 0 aliphatic heterocycles. The fraction of sp³-hybridized carbons (Fsp3) is 0.667. The first-order valence-electron chi connectivity index (χ1n) is 5.97. The van der Waals surface area contributed by atoms with E-state index in [1.54, 1.807) is 6.20 Å². The fourth-order valence-electron chi connectivity index (χ4n) is 2.32. The van der Waals surface area contributed by atoms with Crippen molar-refractivity contribution in [3.8, 4) is 0 Å². The maximum atomic E-state index is 12.1. The topological polar surface area (TPSA) is 81.2 Å². The molecule has 0 aromatic carbocycles. The van der Waals surface area contributed by atoms with Crippen molar-refractivity contribution in [1.29, 1.82) is 0 Å². The predicted octanol–water partition coefficient (Wildman–Crippen LogP) is 1.12. The Hall–Kier alpha value is -1.36. The predicted molar refractivity (Wildman–Crippen MR) is 63.0 cm³/mol. The van der Waals surface area contributed by atoms with Crippen LogP contribution in [0.5, 0.6) is 0 Å². The summed E-state index contributed by atoms with van der Waals surface area (Å²) in [5.74, 6) is 1.28. The Morgan fingerprint density at radius 2 is 2.53 bits per heavy atom. The highest BCUT2D eigenvalue weighted by Crippen LogP contribution is 2.36. The molecule has 1 aliphatic carbocycles. The zero-order valence-electron chi connectivity index (χ0n) is 10.3. The molecule has 1 aromatic rings. The molecular formula is C12H19N3O2. The van der Waals surface area contributed by atoms with Crippen LogP contribution in [0.4, 0.5) is 0 Å². The second kappa shape index (κ2) is 4.49. The number of rotatable bonds is 3. The van der Waals surface area contributed by atoms with Crippen LogP contribution in [0.3, 0.4) is 0 Å². The third-order valence-electron chi connectivity index (χ3n) is 3.62. The van der Waals surface area contributed by atoms with E-state index in [0.29, 0.717) is 12.4 Å². The molecule has 0 spiro atoms. The molecule has 3 N–H and O–H groups in total. The third-order valence-corrected chi connectivity index (χ3v) is 3.62. The van der Waals surface area contributed by atoms with Crippen LogP contribution in [0.2, 0.25) is 0 Å². The lowest BCUT2D eigenvalue weighted by atomic mass is 9.84. The second-order valence-electron chi connectivity index (χ2n) is 4.96. The van der Waals surface area contributed by atoms with Gasteiger partial charge in [0.25, 0.3) is 0 Å². The van der Waals surface area contributed by atoms with E-state index in [0.717, 1.165) is 25.0 Å². The van der Waals surface area contributed by atoms with Crippen LogP contribution in [0.25, 0.3) is 0 Å². The molecule has 1 heterocycles. The Morgan fingerprint density at radius 1 is 1.76 bits per heavy atom. The summed E-state index contributed by atoms with van der Waals surface area (Å²) in [5, 5.41) is 2.85. The lowest BCUT2D eigenvalue weighted by Gasteiger charge is -2.27. The van der Waals surface area contributed by atoms with Crippen molar-refractivity contribution in [3.63, 3.8) is 0 Å². The molecular weight excluding hydrogens is 218 g/mol. The first kappa shape index (κ1) is 12.1. The molecule has 0 saturated heterocycles. The Bertz CT molecular complexity index is 416. The maximum absolute atomic E-state index is 12.1. The molecule has 94 valence electrons. The quantitative estimate of drug-likeness (QED) is 0.825. The summed E-state index contributed by atoms with van der Waals surface area (Å²) in [5.41, 5.74) is 5.54. The normalized spacial score (nSPS) is 28.3. The van der Waals surface area contributed by atoms with Gasteiger partial charge in [0.15, 0.2) is 0 Å². The average molecular weight is 237 g/mol. The number of carbonyl (C=O) groups excluding carboxylic acids is 1. The van der Waals surface area contributed by atoms with Gasteiger partial charge in [-0.2, -0.15) is 0 Å². The number of oxazole rings is 1. The molecule has 1 amide bonds. The molecule has 1 saturated carbocycles. The number of amides is 1. The van der Waals surface area contributed by atoms with Gasteiger partial charge in [-0.15, -0.1) is 0 Å². The summed E-state index contributed by atoms with van der Waals surface area (Å²) >= 11 is 0. The first-order chi connectivity index (χ1) is 8.02. The number of nitrogens with one attached hydrogen (secondary N) is 1. The van der Waals surface area contributed by atoms with Gasteiger partial charge < -0.3 is 15.5 Å². The van der Waals surface area contributed by atoms with Crippen LogP contribution in [-0.4, -0.2) is 16.9 Å². The van der Waals surface area contributed by atoms with Crippen LogP contribution >= 0.6 is 0 Å². The highest BCUT2D eigenvalue weighted by atomic mass is 16.4. The highest BCUT2D eigenvalue weighted by molar-refractivity contribution is 5.83. The van der Waals surface area contributed by atoms with Gasteiger partial charge >= 0.3 is 0 Å². The molecule has 2 rings (SSSR count). The summed E-state index contributed by atoms with van der Waals surface area (Å²) in [6.07, 6.45) is 4.43. The van der Waals surface area contributed by atoms with E-state index >= 15 is 0 Å². The molecule has 1 aromatic heterocycles. The van der Waals surface area contributed by atoms with Gasteiger partial charge in [0.2, 0.25) is 11.8 Å². The first-order valence-corrected chi connectivity index (χ1v) is 5.97. The lowest BCUT2D eigenvalue weighted by molar-refractivity contribution is -0.130. The van der Waals surface area contributed by atoms with E-state index < -0.39 is 5.41 Å². The monoisotopic (exact) mass is 237 g/mol. The summed E-state index contributed by atoms with van der Waals surface area (Å²) < 4.78 is 5.30. The molecule has 5 heteroatoms. The molecule has 1 aliphatic rings. The Balaban J connectivity index is 1.93. The molecule has 1 fully saturated rings. The minimum Gasteiger partial charge on any atom is -0.444 e. The van der Waals surface area contributed by atoms with Crippen LogP contribution in [0.15, 0.2) is 10.6 Å². The number of aromatic nitrogens is 1. The number of carbonyl (C=O) groups is 1. The van der Waals surface area contributed by atoms with Crippen molar-refractivity contribution in [3.05, 3.63) is 17.8 Å². The van der Waals surface area contributed by atoms with E-state index in [9.17, 15) is 4.79 Å². The SMILES string of the molecule is Cc1cnc(CNC(=O)C2(C)CCCC2N)o1. The summed E-state index contributed by atoms with van der Waals surface area (Å²) in [6, 6.07) is -0.0474. The third kappa shape index (κ3) is 2.34. The molecule has 17 heavy (non-hydrogen) atoms. The molecule has 0 radical (unpaired) electrons. The van der Waals surface area contributed by atoms with Crippen molar-refractivity contribution in [1.82, 2.24) is 10.3 Å². The van der Waals surface area contributed by atoms with Crippen LogP contribution in [-0.2, 0) is 11.3 Å². The van der Waals surface area contributed by atoms with Gasteiger partial charge in [-0.25, -0.2) is 4.98 Å². The molecule has 2 atom stereocenters. The number of nitrogens with zero attached hydrogens (tertiary/aromatic N) is 1. The second-order valence-corrected chi connectivity index (χ2v) is 4.96. The van der Waals surface area contributed by atoms with Gasteiger partial charge in [-0.05, 0) is 26.7 Å². The van der Waals surface area contributed by atoms with E-state index in [-0.39, 0.29) is 11.9 Å². The zero-order valence-corrected chi connectivity index (χ0v) is 10.3. The van der Waals surface area contributed by atoms with Crippen molar-refractivity contribution >= 4 is 5.91 Å². The number of nitrogens with two attached hydrogens (primary N) is 1. The van der Waals surface area contributed by atoms with Gasteiger partial charge in [0, 0.05) is 6.04 Å². The standard InChI is InChI=1S/C12H19N3O2/c1-8-6-14-10(17-8)7-15-11(16)12(2)5-3-4-9(12)13/h6,9H,3-5,7,13H2,1-2H3,(H,15,16). The molecule has 2 unspecified atom stereocenters. The van der Waals surface area contributed by atoms with Crippen LogP contribution in [0.1, 0.15) is 37.8 Å². The highest BCUT2D eigenvalue weighted by Gasteiger charge is 2.42. The Kier molecular flexibility index (Phi) is 3.19. The minimum atomic E-state index is -0.443. The summed E-state index contributed by atoms with van der Waals surface area (Å²) in [6.45, 7) is 4.09. The van der Waals surface area contributed by atoms with E-state index in [2.05, 4.69) is 10.3 Å². The lowest BCUT2D eigenvalue weighted by Crippen LogP contribution is -2.47. The van der Waals surface area contributed by atoms with Crippen molar-refractivity contribution in [2.75, 3.05) is 0 Å². The van der Waals surface area contributed by atoms with E-state index in [1.807, 2.05) is 13.8 Å². The van der Waals surface area contributed by atoms with E-state index in [4.69, 9.17) is 10.2 Å². The summed E-state index contributed by atoms with van der Waals surface area (Å²) in [4.78, 5) is 16.1. The fourth-order valence-corrected chi connectivity index (χ4v) is 2.32. The molecule has 0 bridgehead atoms. The van der Waals surface area contributed by atoms with Gasteiger partial charge in [0.05, 0.1) is 18.2 Å². The van der Waals surface area contributed by atoms with Crippen LogP contribution in [0, 0.1) is 12.3 Å². The largest absolute Gasteiger partial charge is 0.444 e. The Morgan fingerprint density at radius 3 is 3.06 bits per heavy atom. The van der Waals surface area contributed by atoms with Gasteiger partial charge in [-0.1, -0.05) is 6.42 Å². The maximum Gasteiger partial charge on any atom is 0.227 e. The van der Waals surface area contributed by atoms with Crippen molar-refractivity contribution in [2.45, 2.75) is 45.7 Å². The van der Waals surface area contributed by atoms with Crippen molar-refractivity contribution in [2.24, 2.45) is 11.1 Å². The van der Waals surface area contributed by atoms with Crippen LogP contribution < -0.4 is 11.1 Å². The Labute approximate surface area is 101 Å². The number of aryl methyl sites for hydroxylation is 1. The minimum absolute atomic E-state index is 0.00152. The smallest absolute Gasteiger partial charge is 0.227 e. The summed E-state index contributed by atoms with van der Waals surface area (Å²) in [7, 11) is 0. The van der Waals surface area contributed by atoms with E-state index in [1.165, 1.54) is 0 Å². The number of hydrogen-bond donors (Lipinski definition) is 2. The number of hydrogen-bond acceptors (Lipinski definition) is 4. The average Bonchev–Trinajstić information content (AvgIpc) is 2.84. The van der Waals surface area contributed by atoms with Gasteiger partial charge in [-0.3, -0.25) is 4.79 Å². The van der Waals surface area contributed by atoms with Crippen molar-refractivity contribution < 1.29 is 9.21 Å².